The average Bonchev–Trinajstić information content (AvgIpc) is 1.15. The van der Waals surface area contributed by atoms with Gasteiger partial charge in [0.15, 0.2) is 0 Å². The van der Waals surface area contributed by atoms with Gasteiger partial charge in [-0.05, 0) is 0 Å². The number of fused-ring (bicyclic) bond motifs is 1. The van der Waals surface area contributed by atoms with Crippen molar-refractivity contribution in [3.05, 3.63) is 359 Å². The van der Waals surface area contributed by atoms with Crippen molar-refractivity contribution in [1.82, 2.24) is 0 Å². The Kier molecular flexibility index (Phi) is 20.6. The van der Waals surface area contributed by atoms with E-state index < -0.39 is 26.3 Å². The Balaban J connectivity index is 0.000000526. The molecular formula is C82H86O2S2Ti-2. The van der Waals surface area contributed by atoms with Crippen molar-refractivity contribution in [2.75, 3.05) is 0 Å². The first-order valence-electron chi connectivity index (χ1n) is 31.1. The van der Waals surface area contributed by atoms with Gasteiger partial charge in [-0.2, -0.15) is 49.2 Å². The fraction of sp³-hybridized carbons (Fsp3) is 0.244. The van der Waals surface area contributed by atoms with Crippen LogP contribution in [0.3, 0.4) is 0 Å². The summed E-state index contributed by atoms with van der Waals surface area (Å²) in [7, 11) is 0.248. The van der Waals surface area contributed by atoms with E-state index in [0.717, 1.165) is 78.3 Å². The van der Waals surface area contributed by atoms with E-state index in [2.05, 4.69) is 262 Å². The molecule has 0 radical (unpaired) electrons. The molecule has 0 saturated heterocycles. The molecule has 10 aromatic carbocycles. The van der Waals surface area contributed by atoms with Crippen LogP contribution in [-0.2, 0) is 48.6 Å². The summed E-state index contributed by atoms with van der Waals surface area (Å²) in [6, 6.07) is 94.5. The van der Waals surface area contributed by atoms with Crippen LogP contribution in [0.5, 0.6) is 11.5 Å². The van der Waals surface area contributed by atoms with Gasteiger partial charge in [0.25, 0.3) is 0 Å². The molecule has 1 heterocycles. The van der Waals surface area contributed by atoms with Crippen LogP contribution in [-0.4, -0.2) is 20.7 Å². The molecule has 1 fully saturated rings. The zero-order chi connectivity index (χ0) is 61.0. The van der Waals surface area contributed by atoms with Gasteiger partial charge in [-0.15, -0.1) is 24.3 Å². The van der Waals surface area contributed by atoms with E-state index in [1.54, 1.807) is 0 Å². The van der Waals surface area contributed by atoms with E-state index in [1.807, 2.05) is 60.7 Å². The fourth-order valence-corrected chi connectivity index (χ4v) is 33.8. The zero-order valence-corrected chi connectivity index (χ0v) is 55.0. The van der Waals surface area contributed by atoms with Crippen LogP contribution in [0.25, 0.3) is 0 Å². The second kappa shape index (κ2) is 28.4. The van der Waals surface area contributed by atoms with Crippen LogP contribution in [0.1, 0.15) is 158 Å². The van der Waals surface area contributed by atoms with Crippen molar-refractivity contribution < 1.29 is 25.7 Å². The molecule has 2 aliphatic rings. The molecule has 0 amide bonds. The summed E-state index contributed by atoms with van der Waals surface area (Å²) < 4.78 is 0. The Morgan fingerprint density at radius 2 is 0.586 bits per heavy atom. The summed E-state index contributed by atoms with van der Waals surface area (Å²) >= 11 is -0.530. The molecule has 2 nitrogen and oxygen atoms in total. The minimum atomic E-state index is -0.756. The minimum Gasteiger partial charge on any atom is -0.199 e. The number of phenols is 2. The Hall–Kier alpha value is -7.05. The summed E-state index contributed by atoms with van der Waals surface area (Å²) in [6.45, 7) is 21.4. The molecule has 87 heavy (non-hydrogen) atoms. The fourth-order valence-electron chi connectivity index (χ4n) is 13.0. The maximum absolute atomic E-state index is 13.4. The molecule has 0 spiro atoms. The van der Waals surface area contributed by atoms with Gasteiger partial charge in [0.1, 0.15) is 0 Å². The molecule has 5 heteroatoms. The molecule has 0 aromatic heterocycles. The first kappa shape index (κ1) is 63.0. The van der Waals surface area contributed by atoms with E-state index in [-0.39, 0.29) is 26.8 Å². The van der Waals surface area contributed by atoms with Gasteiger partial charge in [-0.25, -0.2) is 0 Å². The van der Waals surface area contributed by atoms with E-state index in [1.165, 1.54) is 49.7 Å². The number of benzene rings is 10. The molecule has 1 aliphatic heterocycles. The second-order valence-corrected chi connectivity index (χ2v) is 37.0. The summed E-state index contributed by atoms with van der Waals surface area (Å²) in [5.41, 5.74) is 13.8. The van der Waals surface area contributed by atoms with Crippen molar-refractivity contribution in [2.45, 2.75) is 124 Å². The summed E-state index contributed by atoms with van der Waals surface area (Å²) in [6.07, 6.45) is 7.66. The maximum atomic E-state index is 13.4. The average molecular weight is 1220 g/mol. The Morgan fingerprint density at radius 1 is 0.345 bits per heavy atom. The maximum Gasteiger partial charge on any atom is -0.0866 e. The largest absolute Gasteiger partial charge is 0.199 e. The molecular weight excluding hydrogens is 1130 g/mol. The summed E-state index contributed by atoms with van der Waals surface area (Å²) in [5.74, 6) is 2.69. The first-order valence-corrected chi connectivity index (χ1v) is 37.8. The van der Waals surface area contributed by atoms with Crippen molar-refractivity contribution in [2.24, 2.45) is 0 Å². The summed E-state index contributed by atoms with van der Waals surface area (Å²) in [4.78, 5) is 0. The SMILES string of the molecule is CC(C)(C)c1cc(C[S]2=[Ti]=[S@@](Cc3cc(C(C)(C)C)cc(C(c4ccccc4)(c4ccccc4)c4ccccc4)c3O)C3CCCCCC[C@@H]32)c(O)c(C(c2ccccc2)(c2ccccc2)c2ccccc2)c1.[CH2-]c1ccccc1.[CH2-]c1ccccc1. The molecule has 10 aromatic rings. The van der Waals surface area contributed by atoms with Crippen LogP contribution >= 0.6 is 15.9 Å². The van der Waals surface area contributed by atoms with E-state index in [4.69, 9.17) is 0 Å². The quantitative estimate of drug-likeness (QED) is 0.0727. The first-order chi connectivity index (χ1) is 42.1. The van der Waals surface area contributed by atoms with Crippen LogP contribution in [0, 0.1) is 13.8 Å². The van der Waals surface area contributed by atoms with Crippen molar-refractivity contribution >= 4 is 15.9 Å². The van der Waals surface area contributed by atoms with Crippen LogP contribution in [0.4, 0.5) is 0 Å². The van der Waals surface area contributed by atoms with Crippen LogP contribution < -0.4 is 0 Å². The minimum absolute atomic E-state index is 0.124. The van der Waals surface area contributed by atoms with Crippen LogP contribution in [0.2, 0.25) is 0 Å². The zero-order valence-electron chi connectivity index (χ0n) is 51.8. The molecule has 2 N–H and O–H groups in total. The van der Waals surface area contributed by atoms with E-state index in [9.17, 15) is 10.2 Å². The van der Waals surface area contributed by atoms with Gasteiger partial charge < -0.3 is 0 Å². The molecule has 2 unspecified atom stereocenters. The van der Waals surface area contributed by atoms with Crippen molar-refractivity contribution in [3.8, 4) is 11.5 Å². The second-order valence-electron chi connectivity index (χ2n) is 25.5. The smallest absolute Gasteiger partial charge is 0.0866 e. The van der Waals surface area contributed by atoms with E-state index >= 15 is 0 Å². The Morgan fingerprint density at radius 3 is 0.805 bits per heavy atom. The monoisotopic (exact) mass is 1210 g/mol. The standard InChI is InChI=1S/C68H72O2S2.2C7H7.Ti/c1-65(2,3)57-43-49(63(69)59(45-57)67(51-29-15-9-16-30-51,52-31-17-10-18-32-52)53-33-19-11-20-34-53)47-71-61-41-27-7-8-28-42-62(61)72-48-50-44-58(66(4,5)6)46-60(64(50)70)68(54-35-21-12-22-36-54,55-37-23-13-24-38-55)56-39-25-14-26-40-56;2*1-7-5-3-2-4-6-7;/h9-26,29-40,43-46,61-62,69-70H,7-8,27-28,41-42,47-48H2,1-6H3;2*2-6H,1H2;/q;2*-1;/t61-,62?;;;/m0.../s1. The van der Waals surface area contributed by atoms with E-state index in [0.29, 0.717) is 22.0 Å². The normalized spacial score (nSPS) is 16.9. The van der Waals surface area contributed by atoms with Crippen LogP contribution in [0.15, 0.2) is 267 Å². The number of phenolic OH excluding ortho intramolecular Hbond substituents is 2. The third kappa shape index (κ3) is 14.1. The van der Waals surface area contributed by atoms with Gasteiger partial charge in [0.05, 0.1) is 0 Å². The molecule has 1 saturated carbocycles. The number of hydrogen-bond donors (Lipinski definition) is 2. The van der Waals surface area contributed by atoms with Gasteiger partial charge in [0, 0.05) is 0 Å². The third-order valence-corrected chi connectivity index (χ3v) is 33.5. The predicted molar refractivity (Wildman–Crippen MR) is 370 cm³/mol. The Bertz CT molecular complexity index is 3440. The molecule has 1 aliphatic carbocycles. The molecule has 4 atom stereocenters. The van der Waals surface area contributed by atoms with Gasteiger partial charge in [-0.3, -0.25) is 0 Å². The number of aromatic hydroxyl groups is 2. The van der Waals surface area contributed by atoms with Gasteiger partial charge >= 0.3 is 450 Å². The van der Waals surface area contributed by atoms with Gasteiger partial charge in [-0.1, -0.05) is 12.1 Å². The van der Waals surface area contributed by atoms with Crippen molar-refractivity contribution in [1.29, 1.82) is 0 Å². The summed E-state index contributed by atoms with van der Waals surface area (Å²) in [5, 5.41) is 28.0. The predicted octanol–water partition coefficient (Wildman–Crippen LogP) is 21.5. The molecule has 0 bridgehead atoms. The topological polar surface area (TPSA) is 40.5 Å². The molecule has 444 valence electrons. The van der Waals surface area contributed by atoms with Gasteiger partial charge in [0.2, 0.25) is 0 Å². The number of rotatable bonds is 12. The Labute approximate surface area is 531 Å². The van der Waals surface area contributed by atoms with Crippen molar-refractivity contribution in [3.63, 3.8) is 0 Å². The third-order valence-electron chi connectivity index (χ3n) is 17.6. The number of hydrogen-bond acceptors (Lipinski definition) is 2. The molecule has 12 rings (SSSR count).